The van der Waals surface area contributed by atoms with Gasteiger partial charge in [-0.1, -0.05) is 50.0 Å². The van der Waals surface area contributed by atoms with Gasteiger partial charge in [-0.05, 0) is 67.4 Å². The number of fused-ring (bicyclic) bond motifs is 2. The third-order valence-corrected chi connectivity index (χ3v) is 15.5. The number of hydrogen-bond acceptors (Lipinski definition) is 21. The number of phenolic OH excluding ortho intramolecular Hbond substituents is 1. The van der Waals surface area contributed by atoms with Crippen molar-refractivity contribution in [3.8, 4) is 39.8 Å². The third-order valence-electron chi connectivity index (χ3n) is 15.5. The number of nitrogens with two attached hydrogens (primary N) is 1. The SMILES string of the molecule is CCCCCOc1ccc(-c2cc(-c3ccc(C(=O)N[C@H]4C[C@@H](O)[C@H](O)NC(=O)[C@@H]5[C@@H](O)[C@@H](C)CN5C(=O)[C@H]([C@H](O)CC(N)=O)CC(=O)[C@H]([C@H](O)[C@@H](O)c5ccc(O)c(OC)c5)NC(=O)[C@@H]5C[C@@H](O)CN5C(=O)[C@H]([C@@H](C)O)NC4=O)cc3)no2)cc1. The fraction of sp³-hybridized carbons (Fsp3) is 0.500. The molecule has 3 aromatic carbocycles. The fourth-order valence-electron chi connectivity index (χ4n) is 10.6. The number of carbonyl (C=O) groups is 8. The molecule has 3 aliphatic heterocycles. The van der Waals surface area contributed by atoms with Gasteiger partial charge in [-0.25, -0.2) is 0 Å². The number of carbonyl (C=O) groups excluding carboxylic acids is 8. The molecular weight excluding hydrogens is 1130 g/mol. The van der Waals surface area contributed by atoms with E-state index in [4.69, 9.17) is 19.7 Å². The predicted octanol–water partition coefficient (Wildman–Crippen LogP) is -1.98. The number of ketones is 1. The van der Waals surface area contributed by atoms with Crippen LogP contribution in [0, 0.1) is 11.8 Å². The largest absolute Gasteiger partial charge is 0.504 e. The minimum Gasteiger partial charge on any atom is -0.504 e. The molecule has 3 fully saturated rings. The highest BCUT2D eigenvalue weighted by Crippen LogP contribution is 2.34. The normalized spacial score (nSPS) is 26.9. The zero-order valence-corrected chi connectivity index (χ0v) is 47.6. The molecule has 4 heterocycles. The van der Waals surface area contributed by atoms with Crippen molar-refractivity contribution in [2.45, 2.75) is 145 Å². The van der Waals surface area contributed by atoms with Crippen LogP contribution >= 0.6 is 0 Å². The highest BCUT2D eigenvalue weighted by atomic mass is 16.5. The van der Waals surface area contributed by atoms with Gasteiger partial charge in [0.05, 0.1) is 50.5 Å². The lowest BCUT2D eigenvalue weighted by atomic mass is 9.86. The van der Waals surface area contributed by atoms with E-state index in [1.807, 2.05) is 24.3 Å². The van der Waals surface area contributed by atoms with Crippen LogP contribution in [0.5, 0.6) is 17.2 Å². The molecular formula is C58H74N8O20. The molecule has 3 saturated heterocycles. The second-order valence-electron chi connectivity index (χ2n) is 21.9. The van der Waals surface area contributed by atoms with Gasteiger partial charge >= 0.3 is 0 Å². The van der Waals surface area contributed by atoms with Crippen LogP contribution in [0.4, 0.5) is 0 Å². The highest BCUT2D eigenvalue weighted by Gasteiger charge is 2.51. The minimum absolute atomic E-state index is 0.0703. The molecule has 7 amide bonds. The molecule has 1 aromatic heterocycles. The monoisotopic (exact) mass is 1200 g/mol. The van der Waals surface area contributed by atoms with Gasteiger partial charge in [-0.15, -0.1) is 0 Å². The third kappa shape index (κ3) is 15.5. The molecule has 3 aliphatic rings. The van der Waals surface area contributed by atoms with Crippen molar-refractivity contribution < 1.29 is 98.3 Å². The molecule has 28 nitrogen and oxygen atoms in total. The number of Topliss-reactive ketones (excluding diaryl/α,β-unsaturated/α-hetero) is 1. The number of amides is 7. The van der Waals surface area contributed by atoms with Crippen LogP contribution in [-0.4, -0.2) is 208 Å². The molecule has 0 saturated carbocycles. The van der Waals surface area contributed by atoms with Gasteiger partial charge in [0.25, 0.3) is 5.91 Å². The van der Waals surface area contributed by atoms with Crippen molar-refractivity contribution in [3.05, 3.63) is 83.9 Å². The quantitative estimate of drug-likeness (QED) is 0.0509. The molecule has 0 radical (unpaired) electrons. The first-order valence-electron chi connectivity index (χ1n) is 28.1. The van der Waals surface area contributed by atoms with Crippen LogP contribution in [-0.2, 0) is 33.6 Å². The first-order chi connectivity index (χ1) is 40.8. The molecule has 4 aromatic rings. The number of primary amides is 1. The number of nitrogens with zero attached hydrogens (tertiary/aromatic N) is 3. The van der Waals surface area contributed by atoms with Gasteiger partial charge in [-0.3, -0.25) is 38.4 Å². The molecule has 466 valence electrons. The van der Waals surface area contributed by atoms with E-state index < -0.39 is 183 Å². The number of ether oxygens (including phenoxy) is 2. The van der Waals surface area contributed by atoms with Gasteiger partial charge in [0.15, 0.2) is 29.3 Å². The molecule has 0 spiro atoms. The van der Waals surface area contributed by atoms with Crippen molar-refractivity contribution >= 4 is 47.1 Å². The van der Waals surface area contributed by atoms with E-state index in [9.17, 15) is 84.3 Å². The molecule has 28 heteroatoms. The Hall–Kier alpha value is -8.09. The maximum absolute atomic E-state index is 14.7. The standard InChI is InChI=1S/C58H74N8O20/c1-5-6-7-18-85-34-15-12-30(13-16-34)43-23-36(64-86-43)29-8-10-31(11-9-29)52(77)60-37-22-42(72)55(80)63-56(81)48-49(74)27(2)25-66(48)57(82)35(40(70)24-45(59)73)21-41(71)47(51(76)50(75)32-14-17-39(69)44(19-32)84-4)62-54(79)38-20-33(68)26-65(38)58(83)46(28(3)67)61-53(37)78/h8-17,19,23,27-28,33,35,37-38,40,42,46-51,55,67-70,72,74-76,80H,5-7,18,20-22,24-26H2,1-4H3,(H2,59,73)(H,60,77)(H,61,78)(H,62,79)(H,63,81)/t27-,28+,33+,35-,37-,38-,40+,42+,46-,47+,48-,49-,50-,51-,55-/m0/s1. The van der Waals surface area contributed by atoms with E-state index >= 15 is 0 Å². The Morgan fingerprint density at radius 3 is 2.14 bits per heavy atom. The van der Waals surface area contributed by atoms with E-state index in [2.05, 4.69) is 33.3 Å². The average molecular weight is 1200 g/mol. The number of nitrogens with one attached hydrogen (secondary N) is 4. The van der Waals surface area contributed by atoms with Crippen LogP contribution in [0.25, 0.3) is 22.6 Å². The summed E-state index contributed by atoms with van der Waals surface area (Å²) in [4.78, 5) is 115. The summed E-state index contributed by atoms with van der Waals surface area (Å²) >= 11 is 0. The molecule has 15 N–H and O–H groups in total. The van der Waals surface area contributed by atoms with E-state index in [0.717, 1.165) is 54.2 Å². The lowest BCUT2D eigenvalue weighted by Crippen LogP contribution is -2.61. The van der Waals surface area contributed by atoms with E-state index in [1.165, 1.54) is 38.3 Å². The highest BCUT2D eigenvalue weighted by molar-refractivity contribution is 6.00. The lowest BCUT2D eigenvalue weighted by Gasteiger charge is -2.34. The van der Waals surface area contributed by atoms with Gasteiger partial charge in [0.2, 0.25) is 35.4 Å². The smallest absolute Gasteiger partial charge is 0.251 e. The Morgan fingerprint density at radius 1 is 0.814 bits per heavy atom. The molecule has 86 heavy (non-hydrogen) atoms. The summed E-state index contributed by atoms with van der Waals surface area (Å²) in [5, 5.41) is 115. The van der Waals surface area contributed by atoms with Gasteiger partial charge in [0.1, 0.15) is 60.0 Å². The number of aliphatic hydroxyl groups is 8. The molecule has 15 atom stereocenters. The number of phenols is 1. The molecule has 0 aliphatic carbocycles. The number of benzene rings is 3. The Morgan fingerprint density at radius 2 is 1.49 bits per heavy atom. The van der Waals surface area contributed by atoms with Crippen LogP contribution < -0.4 is 36.5 Å². The first-order valence-corrected chi connectivity index (χ1v) is 28.1. The van der Waals surface area contributed by atoms with Crippen LogP contribution in [0.3, 0.4) is 0 Å². The topological polar surface area (TPSA) is 444 Å². The minimum atomic E-state index is -2.40. The van der Waals surface area contributed by atoms with E-state index in [0.29, 0.717) is 34.9 Å². The zero-order valence-electron chi connectivity index (χ0n) is 47.6. The number of aromatic nitrogens is 1. The van der Waals surface area contributed by atoms with Crippen molar-refractivity contribution in [1.82, 2.24) is 36.2 Å². The average Bonchev–Trinajstić information content (AvgIpc) is 2.58. The maximum atomic E-state index is 14.7. The maximum Gasteiger partial charge on any atom is 0.251 e. The van der Waals surface area contributed by atoms with Crippen molar-refractivity contribution in [2.75, 3.05) is 26.8 Å². The van der Waals surface area contributed by atoms with Gasteiger partial charge in [0, 0.05) is 61.0 Å². The van der Waals surface area contributed by atoms with Gasteiger partial charge < -0.3 is 96.8 Å². The number of methoxy groups -OCH3 is 1. The van der Waals surface area contributed by atoms with E-state index in [1.54, 1.807) is 6.07 Å². The Bertz CT molecular complexity index is 3070. The summed E-state index contributed by atoms with van der Waals surface area (Å²) in [6.45, 7) is 4.07. The summed E-state index contributed by atoms with van der Waals surface area (Å²) in [6, 6.07) is 7.96. The van der Waals surface area contributed by atoms with Gasteiger partial charge in [-0.2, -0.15) is 0 Å². The zero-order chi connectivity index (χ0) is 62.8. The summed E-state index contributed by atoms with van der Waals surface area (Å²) in [5.41, 5.74) is 6.73. The summed E-state index contributed by atoms with van der Waals surface area (Å²) in [7, 11) is 1.17. The Kier molecular flexibility index (Phi) is 22.0. The number of aromatic hydroxyl groups is 1. The van der Waals surface area contributed by atoms with E-state index in [-0.39, 0.29) is 16.9 Å². The second kappa shape index (κ2) is 28.9. The Balaban J connectivity index is 1.22. The molecule has 0 unspecified atom stereocenters. The summed E-state index contributed by atoms with van der Waals surface area (Å²) in [6.07, 6.45) is -17.0. The molecule has 7 rings (SSSR count). The number of aliphatic hydroxyl groups excluding tert-OH is 8. The number of hydrogen-bond donors (Lipinski definition) is 14. The van der Waals surface area contributed by atoms with Crippen LogP contribution in [0.15, 0.2) is 77.3 Å². The van der Waals surface area contributed by atoms with Crippen molar-refractivity contribution in [3.63, 3.8) is 0 Å². The first kappa shape index (κ1) is 65.5. The van der Waals surface area contributed by atoms with Crippen molar-refractivity contribution in [2.24, 2.45) is 17.6 Å². The number of unbranched alkanes of at least 4 members (excludes halogenated alkanes) is 2. The van der Waals surface area contributed by atoms with Crippen molar-refractivity contribution in [1.29, 1.82) is 0 Å². The van der Waals surface area contributed by atoms with Crippen LogP contribution in [0.2, 0.25) is 0 Å². The molecule has 0 bridgehead atoms. The Labute approximate surface area is 493 Å². The summed E-state index contributed by atoms with van der Waals surface area (Å²) in [5.74, 6) is -12.4. The van der Waals surface area contributed by atoms with Crippen LogP contribution in [0.1, 0.15) is 87.7 Å². The predicted molar refractivity (Wildman–Crippen MR) is 299 cm³/mol. The lowest BCUT2D eigenvalue weighted by molar-refractivity contribution is -0.151. The summed E-state index contributed by atoms with van der Waals surface area (Å²) < 4.78 is 16.5. The fourth-order valence-corrected chi connectivity index (χ4v) is 10.6. The number of rotatable bonds is 17. The second-order valence-corrected chi connectivity index (χ2v) is 21.9.